The van der Waals surface area contributed by atoms with E-state index in [1.54, 1.807) is 36.2 Å². The monoisotopic (exact) mass is 493 g/mol. The van der Waals surface area contributed by atoms with E-state index in [0.717, 1.165) is 25.2 Å². The van der Waals surface area contributed by atoms with Gasteiger partial charge in [-0.3, -0.25) is 14.5 Å². The van der Waals surface area contributed by atoms with Crippen molar-refractivity contribution in [1.29, 1.82) is 0 Å². The SMILES string of the molecule is CC(C)N(C)C(=O)Nc1ccc(C(=O)N2CCN(Cc3cccc(C(=O)NC(C)(C)C)c3)CC2)cc1. The fourth-order valence-corrected chi connectivity index (χ4v) is 3.92. The molecule has 1 saturated heterocycles. The molecular formula is C28H39N5O3. The summed E-state index contributed by atoms with van der Waals surface area (Å²) in [5.41, 5.74) is 2.72. The zero-order chi connectivity index (χ0) is 26.5. The van der Waals surface area contributed by atoms with Crippen LogP contribution < -0.4 is 10.6 Å². The van der Waals surface area contributed by atoms with Crippen LogP contribution in [0, 0.1) is 0 Å². The lowest BCUT2D eigenvalue weighted by Gasteiger charge is -2.35. The van der Waals surface area contributed by atoms with Gasteiger partial charge in [-0.1, -0.05) is 12.1 Å². The first kappa shape index (κ1) is 27.2. The summed E-state index contributed by atoms with van der Waals surface area (Å²) >= 11 is 0. The summed E-state index contributed by atoms with van der Waals surface area (Å²) in [5, 5.41) is 5.85. The zero-order valence-electron chi connectivity index (χ0n) is 22.3. The summed E-state index contributed by atoms with van der Waals surface area (Å²) in [6.07, 6.45) is 0. The molecule has 0 saturated carbocycles. The smallest absolute Gasteiger partial charge is 0.321 e. The Bertz CT molecular complexity index is 1070. The topological polar surface area (TPSA) is 85.0 Å². The third kappa shape index (κ3) is 7.55. The van der Waals surface area contributed by atoms with Crippen molar-refractivity contribution in [3.63, 3.8) is 0 Å². The first-order valence-corrected chi connectivity index (χ1v) is 12.5. The second-order valence-corrected chi connectivity index (χ2v) is 10.7. The highest BCUT2D eigenvalue weighted by Crippen LogP contribution is 2.16. The highest BCUT2D eigenvalue weighted by Gasteiger charge is 2.23. The lowest BCUT2D eigenvalue weighted by atomic mass is 10.1. The van der Waals surface area contributed by atoms with Gasteiger partial charge in [0.1, 0.15) is 0 Å². The number of hydrogen-bond donors (Lipinski definition) is 2. The molecule has 2 aromatic carbocycles. The third-order valence-electron chi connectivity index (χ3n) is 6.22. The Kier molecular flexibility index (Phi) is 8.74. The fourth-order valence-electron chi connectivity index (χ4n) is 3.92. The Morgan fingerprint density at radius 1 is 0.944 bits per heavy atom. The van der Waals surface area contributed by atoms with Gasteiger partial charge in [-0.25, -0.2) is 4.79 Å². The number of piperazine rings is 1. The van der Waals surface area contributed by atoms with Crippen molar-refractivity contribution < 1.29 is 14.4 Å². The second-order valence-electron chi connectivity index (χ2n) is 10.7. The summed E-state index contributed by atoms with van der Waals surface area (Å²) in [6.45, 7) is 13.3. The van der Waals surface area contributed by atoms with Gasteiger partial charge in [0.2, 0.25) is 0 Å². The Morgan fingerprint density at radius 3 is 2.17 bits per heavy atom. The molecule has 0 radical (unpaired) electrons. The van der Waals surface area contributed by atoms with Crippen molar-refractivity contribution in [2.45, 2.75) is 52.7 Å². The van der Waals surface area contributed by atoms with Crippen LogP contribution in [-0.2, 0) is 6.54 Å². The molecular weight excluding hydrogens is 454 g/mol. The molecule has 3 rings (SSSR count). The fraction of sp³-hybridized carbons (Fsp3) is 0.464. The van der Waals surface area contributed by atoms with E-state index in [2.05, 4.69) is 15.5 Å². The molecule has 1 heterocycles. The Hall–Kier alpha value is -3.39. The number of amides is 4. The van der Waals surface area contributed by atoms with Crippen LogP contribution in [0.15, 0.2) is 48.5 Å². The van der Waals surface area contributed by atoms with E-state index in [0.29, 0.717) is 29.9 Å². The number of rotatable bonds is 6. The lowest BCUT2D eigenvalue weighted by molar-refractivity contribution is 0.0628. The van der Waals surface area contributed by atoms with Gasteiger partial charge in [-0.2, -0.15) is 0 Å². The van der Waals surface area contributed by atoms with Gasteiger partial charge in [0.15, 0.2) is 0 Å². The van der Waals surface area contributed by atoms with Gasteiger partial charge < -0.3 is 20.4 Å². The first-order valence-electron chi connectivity index (χ1n) is 12.5. The van der Waals surface area contributed by atoms with Crippen molar-refractivity contribution in [2.24, 2.45) is 0 Å². The van der Waals surface area contributed by atoms with Crippen LogP contribution in [0.3, 0.4) is 0 Å². The normalized spacial score (nSPS) is 14.5. The predicted molar refractivity (Wildman–Crippen MR) is 143 cm³/mol. The number of carbonyl (C=O) groups excluding carboxylic acids is 3. The number of carbonyl (C=O) groups is 3. The largest absolute Gasteiger partial charge is 0.347 e. The van der Waals surface area contributed by atoms with E-state index in [4.69, 9.17) is 0 Å². The van der Waals surface area contributed by atoms with E-state index in [1.165, 1.54) is 0 Å². The van der Waals surface area contributed by atoms with E-state index in [1.807, 2.05) is 63.8 Å². The van der Waals surface area contributed by atoms with Crippen LogP contribution in [-0.4, -0.2) is 77.4 Å². The average molecular weight is 494 g/mol. The van der Waals surface area contributed by atoms with Crippen LogP contribution in [0.1, 0.15) is 60.9 Å². The molecule has 0 unspecified atom stereocenters. The summed E-state index contributed by atoms with van der Waals surface area (Å²) in [7, 11) is 1.75. The van der Waals surface area contributed by atoms with Crippen LogP contribution in [0.2, 0.25) is 0 Å². The van der Waals surface area contributed by atoms with Crippen molar-refractivity contribution in [1.82, 2.24) is 20.0 Å². The molecule has 0 aliphatic carbocycles. The van der Waals surface area contributed by atoms with Gasteiger partial charge in [0.05, 0.1) is 0 Å². The third-order valence-corrected chi connectivity index (χ3v) is 6.22. The van der Waals surface area contributed by atoms with Crippen LogP contribution in [0.25, 0.3) is 0 Å². The minimum absolute atomic E-state index is 0.00678. The van der Waals surface area contributed by atoms with E-state index in [9.17, 15) is 14.4 Å². The summed E-state index contributed by atoms with van der Waals surface area (Å²) in [4.78, 5) is 43.5. The van der Waals surface area contributed by atoms with Crippen molar-refractivity contribution >= 4 is 23.5 Å². The van der Waals surface area contributed by atoms with Crippen molar-refractivity contribution in [3.8, 4) is 0 Å². The lowest BCUT2D eigenvalue weighted by Crippen LogP contribution is -2.48. The van der Waals surface area contributed by atoms with E-state index in [-0.39, 0.29) is 29.4 Å². The van der Waals surface area contributed by atoms with Gasteiger partial charge in [0.25, 0.3) is 11.8 Å². The maximum Gasteiger partial charge on any atom is 0.321 e. The van der Waals surface area contributed by atoms with Crippen molar-refractivity contribution in [3.05, 3.63) is 65.2 Å². The van der Waals surface area contributed by atoms with E-state index < -0.39 is 0 Å². The average Bonchev–Trinajstić information content (AvgIpc) is 2.83. The minimum atomic E-state index is -0.283. The molecule has 4 amide bonds. The maximum atomic E-state index is 13.0. The molecule has 1 aliphatic heterocycles. The molecule has 36 heavy (non-hydrogen) atoms. The molecule has 0 spiro atoms. The Balaban J connectivity index is 1.52. The molecule has 0 aromatic heterocycles. The molecule has 1 fully saturated rings. The van der Waals surface area contributed by atoms with Crippen molar-refractivity contribution in [2.75, 3.05) is 38.5 Å². The predicted octanol–water partition coefficient (Wildman–Crippen LogP) is 4.05. The Morgan fingerprint density at radius 2 is 1.58 bits per heavy atom. The maximum absolute atomic E-state index is 13.0. The summed E-state index contributed by atoms with van der Waals surface area (Å²) in [5.74, 6) is -0.0787. The summed E-state index contributed by atoms with van der Waals surface area (Å²) < 4.78 is 0. The highest BCUT2D eigenvalue weighted by atomic mass is 16.2. The van der Waals surface area contributed by atoms with Crippen LogP contribution >= 0.6 is 0 Å². The number of hydrogen-bond acceptors (Lipinski definition) is 4. The quantitative estimate of drug-likeness (QED) is 0.636. The number of urea groups is 1. The molecule has 2 aromatic rings. The first-order chi connectivity index (χ1) is 16.9. The van der Waals surface area contributed by atoms with Gasteiger partial charge in [0, 0.05) is 68.2 Å². The minimum Gasteiger partial charge on any atom is -0.347 e. The molecule has 1 aliphatic rings. The van der Waals surface area contributed by atoms with Gasteiger partial charge in [-0.15, -0.1) is 0 Å². The number of nitrogens with one attached hydrogen (secondary N) is 2. The molecule has 194 valence electrons. The summed E-state index contributed by atoms with van der Waals surface area (Å²) in [6, 6.07) is 14.7. The zero-order valence-corrected chi connectivity index (χ0v) is 22.3. The molecule has 0 atom stereocenters. The van der Waals surface area contributed by atoms with Crippen LogP contribution in [0.4, 0.5) is 10.5 Å². The molecule has 0 bridgehead atoms. The number of anilines is 1. The standard InChI is InChI=1S/C28H39N5O3/c1-20(2)31(6)27(36)29-24-12-10-22(11-13-24)26(35)33-16-14-32(15-17-33)19-21-8-7-9-23(18-21)25(34)30-28(3,4)5/h7-13,18,20H,14-17,19H2,1-6H3,(H,29,36)(H,30,34). The van der Waals surface area contributed by atoms with Gasteiger partial charge in [-0.05, 0) is 76.6 Å². The molecule has 8 heteroatoms. The Labute approximate surface area is 214 Å². The second kappa shape index (κ2) is 11.6. The van der Waals surface area contributed by atoms with Crippen LogP contribution in [0.5, 0.6) is 0 Å². The molecule has 2 N–H and O–H groups in total. The molecule has 8 nitrogen and oxygen atoms in total. The highest BCUT2D eigenvalue weighted by molar-refractivity contribution is 5.96. The number of benzene rings is 2. The van der Waals surface area contributed by atoms with Gasteiger partial charge >= 0.3 is 6.03 Å². The van der Waals surface area contributed by atoms with E-state index >= 15 is 0 Å². The number of nitrogens with zero attached hydrogens (tertiary/aromatic N) is 3.